The van der Waals surface area contributed by atoms with Gasteiger partial charge in [-0.05, 0) is 38.5 Å². The molecular formula is C20H18ClNO3. The molecule has 3 rings (SSSR count). The second-order valence-corrected chi connectivity index (χ2v) is 6.51. The molecule has 0 atom stereocenters. The Balaban J connectivity index is 2.04. The Bertz CT molecular complexity index is 869. The smallest absolute Gasteiger partial charge is 0.277 e. The minimum Gasteiger partial charge on any atom is -0.489 e. The molecule has 2 aromatic carbocycles. The summed E-state index contributed by atoms with van der Waals surface area (Å²) < 4.78 is 5.74. The lowest BCUT2D eigenvalue weighted by Crippen LogP contribution is -2.31. The molecule has 5 heteroatoms. The van der Waals surface area contributed by atoms with Gasteiger partial charge in [0, 0.05) is 0 Å². The third-order valence-electron chi connectivity index (χ3n) is 3.84. The molecule has 2 amide bonds. The summed E-state index contributed by atoms with van der Waals surface area (Å²) in [6.45, 7) is 5.72. The maximum atomic E-state index is 13.0. The van der Waals surface area contributed by atoms with Crippen LogP contribution in [0.5, 0.6) is 5.75 Å². The van der Waals surface area contributed by atoms with Gasteiger partial charge in [-0.15, -0.1) is 0 Å². The molecule has 0 spiro atoms. The highest BCUT2D eigenvalue weighted by Gasteiger charge is 2.40. The average molecular weight is 356 g/mol. The van der Waals surface area contributed by atoms with E-state index in [4.69, 9.17) is 16.3 Å². The number of nitrogens with zero attached hydrogens (tertiary/aromatic N) is 1. The number of imide groups is 1. The van der Waals surface area contributed by atoms with Crippen molar-refractivity contribution >= 4 is 34.7 Å². The normalized spacial score (nSPS) is 14.7. The molecule has 0 unspecified atom stereocenters. The molecule has 0 N–H and O–H groups in total. The minimum absolute atomic E-state index is 0.0757. The third-order valence-corrected chi connectivity index (χ3v) is 4.19. The molecule has 0 radical (unpaired) electrons. The second-order valence-electron chi connectivity index (χ2n) is 6.14. The number of carbonyl (C=O) groups excluding carboxylic acids is 2. The van der Waals surface area contributed by atoms with E-state index in [0.29, 0.717) is 17.0 Å². The largest absolute Gasteiger partial charge is 0.489 e. The zero-order valence-corrected chi connectivity index (χ0v) is 15.0. The van der Waals surface area contributed by atoms with Crippen LogP contribution in [0.1, 0.15) is 25.0 Å². The van der Waals surface area contributed by atoms with Crippen molar-refractivity contribution in [3.05, 3.63) is 64.7 Å². The highest BCUT2D eigenvalue weighted by molar-refractivity contribution is 6.60. The monoisotopic (exact) mass is 355 g/mol. The predicted molar refractivity (Wildman–Crippen MR) is 98.7 cm³/mol. The van der Waals surface area contributed by atoms with E-state index in [-0.39, 0.29) is 16.7 Å². The highest BCUT2D eigenvalue weighted by Crippen LogP contribution is 2.38. The van der Waals surface area contributed by atoms with Crippen LogP contribution in [0.3, 0.4) is 0 Å². The van der Waals surface area contributed by atoms with Crippen LogP contribution in [0.2, 0.25) is 0 Å². The third kappa shape index (κ3) is 3.17. The number of para-hydroxylation sites is 2. The molecule has 4 nitrogen and oxygen atoms in total. The van der Waals surface area contributed by atoms with Crippen LogP contribution in [0, 0.1) is 6.92 Å². The van der Waals surface area contributed by atoms with Gasteiger partial charge < -0.3 is 4.74 Å². The molecule has 0 saturated carbocycles. The molecule has 25 heavy (non-hydrogen) atoms. The summed E-state index contributed by atoms with van der Waals surface area (Å²) in [6.07, 6.45) is -0.0889. The molecule has 0 aromatic heterocycles. The number of ether oxygens (including phenoxy) is 1. The number of aryl methyl sites for hydroxylation is 1. The predicted octanol–water partition coefficient (Wildman–Crippen LogP) is 4.31. The van der Waals surface area contributed by atoms with Gasteiger partial charge in [0.15, 0.2) is 0 Å². The van der Waals surface area contributed by atoms with Gasteiger partial charge in [-0.25, -0.2) is 4.90 Å². The number of halogens is 1. The van der Waals surface area contributed by atoms with Crippen molar-refractivity contribution in [2.24, 2.45) is 0 Å². The van der Waals surface area contributed by atoms with Crippen LogP contribution in [0.25, 0.3) is 5.57 Å². The molecule has 0 fully saturated rings. The summed E-state index contributed by atoms with van der Waals surface area (Å²) in [5.74, 6) is -0.519. The SMILES string of the molecule is Cc1ccc(C2=C(Cl)C(=O)N(c3ccccc3OC(C)C)C2=O)cc1. The van der Waals surface area contributed by atoms with Crippen LogP contribution in [0.4, 0.5) is 5.69 Å². The van der Waals surface area contributed by atoms with E-state index in [1.54, 1.807) is 36.4 Å². The number of hydrogen-bond acceptors (Lipinski definition) is 3. The van der Waals surface area contributed by atoms with Gasteiger partial charge in [-0.3, -0.25) is 9.59 Å². The summed E-state index contributed by atoms with van der Waals surface area (Å²) in [5.41, 5.74) is 2.29. The zero-order chi connectivity index (χ0) is 18.1. The van der Waals surface area contributed by atoms with Gasteiger partial charge in [-0.1, -0.05) is 53.6 Å². The summed E-state index contributed by atoms with van der Waals surface area (Å²) in [5, 5.41) is -0.0757. The van der Waals surface area contributed by atoms with Gasteiger partial charge in [0.2, 0.25) is 0 Å². The van der Waals surface area contributed by atoms with Crippen LogP contribution in [-0.2, 0) is 9.59 Å². The average Bonchev–Trinajstić information content (AvgIpc) is 2.79. The van der Waals surface area contributed by atoms with Gasteiger partial charge in [-0.2, -0.15) is 0 Å². The summed E-state index contributed by atoms with van der Waals surface area (Å²) in [7, 11) is 0. The highest BCUT2D eigenvalue weighted by atomic mass is 35.5. The number of amides is 2. The van der Waals surface area contributed by atoms with Gasteiger partial charge in [0.25, 0.3) is 11.8 Å². The first-order chi connectivity index (χ1) is 11.9. The topological polar surface area (TPSA) is 46.6 Å². The maximum Gasteiger partial charge on any atom is 0.277 e. The van der Waals surface area contributed by atoms with Crippen LogP contribution in [-0.4, -0.2) is 17.9 Å². The van der Waals surface area contributed by atoms with E-state index >= 15 is 0 Å². The molecule has 1 aliphatic rings. The van der Waals surface area contributed by atoms with E-state index in [2.05, 4.69) is 0 Å². The minimum atomic E-state index is -0.540. The lowest BCUT2D eigenvalue weighted by atomic mass is 10.0. The van der Waals surface area contributed by atoms with Crippen LogP contribution in [0.15, 0.2) is 53.6 Å². The van der Waals surface area contributed by atoms with E-state index in [0.717, 1.165) is 10.5 Å². The van der Waals surface area contributed by atoms with Gasteiger partial charge in [0.05, 0.1) is 17.4 Å². The van der Waals surface area contributed by atoms with Crippen molar-refractivity contribution in [3.63, 3.8) is 0 Å². The van der Waals surface area contributed by atoms with Crippen molar-refractivity contribution in [3.8, 4) is 5.75 Å². The summed E-state index contributed by atoms with van der Waals surface area (Å²) in [4.78, 5) is 26.7. The van der Waals surface area contributed by atoms with Crippen molar-refractivity contribution in [2.45, 2.75) is 26.9 Å². The summed E-state index contributed by atoms with van der Waals surface area (Å²) in [6, 6.07) is 14.3. The number of carbonyl (C=O) groups is 2. The van der Waals surface area contributed by atoms with Crippen molar-refractivity contribution in [1.82, 2.24) is 0 Å². The van der Waals surface area contributed by atoms with Gasteiger partial charge in [0.1, 0.15) is 10.8 Å². The fraction of sp³-hybridized carbons (Fsp3) is 0.200. The Morgan fingerprint density at radius 1 is 0.960 bits per heavy atom. The van der Waals surface area contributed by atoms with E-state index in [1.807, 2.05) is 32.9 Å². The van der Waals surface area contributed by atoms with Crippen LogP contribution < -0.4 is 9.64 Å². The maximum absolute atomic E-state index is 13.0. The Labute approximate surface area is 151 Å². The first kappa shape index (κ1) is 17.2. The Hall–Kier alpha value is -2.59. The van der Waals surface area contributed by atoms with Crippen molar-refractivity contribution in [2.75, 3.05) is 4.90 Å². The molecule has 0 saturated heterocycles. The fourth-order valence-electron chi connectivity index (χ4n) is 2.69. The molecular weight excluding hydrogens is 338 g/mol. The molecule has 1 aliphatic heterocycles. The van der Waals surface area contributed by atoms with E-state index < -0.39 is 11.8 Å². The van der Waals surface area contributed by atoms with Crippen molar-refractivity contribution < 1.29 is 14.3 Å². The fourth-order valence-corrected chi connectivity index (χ4v) is 2.96. The van der Waals surface area contributed by atoms with Crippen LogP contribution >= 0.6 is 11.6 Å². The lowest BCUT2D eigenvalue weighted by Gasteiger charge is -2.20. The van der Waals surface area contributed by atoms with Gasteiger partial charge >= 0.3 is 0 Å². The molecule has 128 valence electrons. The molecule has 0 aliphatic carbocycles. The first-order valence-electron chi connectivity index (χ1n) is 8.01. The Kier molecular flexibility index (Phi) is 4.64. The Morgan fingerprint density at radius 2 is 1.60 bits per heavy atom. The molecule has 2 aromatic rings. The number of rotatable bonds is 4. The summed E-state index contributed by atoms with van der Waals surface area (Å²) >= 11 is 6.23. The quantitative estimate of drug-likeness (QED) is 0.768. The van der Waals surface area contributed by atoms with Crippen molar-refractivity contribution in [1.29, 1.82) is 0 Å². The Morgan fingerprint density at radius 3 is 2.24 bits per heavy atom. The number of benzene rings is 2. The van der Waals surface area contributed by atoms with E-state index in [9.17, 15) is 9.59 Å². The zero-order valence-electron chi connectivity index (χ0n) is 14.2. The first-order valence-corrected chi connectivity index (χ1v) is 8.39. The number of hydrogen-bond donors (Lipinski definition) is 0. The number of anilines is 1. The standard InChI is InChI=1S/C20H18ClNO3/c1-12(2)25-16-7-5-4-6-15(16)22-19(23)17(18(21)20(22)24)14-10-8-13(3)9-11-14/h4-12H,1-3H3. The molecule has 0 bridgehead atoms. The second kappa shape index (κ2) is 6.73. The molecule has 1 heterocycles. The lowest BCUT2D eigenvalue weighted by molar-refractivity contribution is -0.119. The van der Waals surface area contributed by atoms with E-state index in [1.165, 1.54) is 0 Å².